The number of benzene rings is 1. The monoisotopic (exact) mass is 406 g/mol. The highest BCUT2D eigenvalue weighted by molar-refractivity contribution is 7.45. The second-order valence-corrected chi connectivity index (χ2v) is 7.11. The van der Waals surface area contributed by atoms with Gasteiger partial charge in [-0.15, -0.1) is 0 Å². The highest BCUT2D eigenvalue weighted by atomic mass is 31.2. The molecule has 0 amide bonds. The first-order valence-electron chi connectivity index (χ1n) is 8.79. The summed E-state index contributed by atoms with van der Waals surface area (Å²) in [6.45, 7) is 10.00. The van der Waals surface area contributed by atoms with Crippen LogP contribution in [0.3, 0.4) is 0 Å². The van der Waals surface area contributed by atoms with Gasteiger partial charge in [0.2, 0.25) is 0 Å². The van der Waals surface area contributed by atoms with E-state index in [1.54, 1.807) is 19.1 Å². The standard InChI is InChI=1S/C19H23N2O6P/c1-4-8-16(5-2)26-28(20-14-7-9-18(20)19(22)25-6-3)27-17-12-10-15(11-13-17)21(23)24/h4-5,8,10-13,18H,1-2,6-7,9,14H2,3H3/b16-8+. The summed E-state index contributed by atoms with van der Waals surface area (Å²) in [6, 6.07) is 5.22. The first-order chi connectivity index (χ1) is 13.5. The molecule has 1 saturated heterocycles. The van der Waals surface area contributed by atoms with Crippen molar-refractivity contribution in [2.45, 2.75) is 25.8 Å². The van der Waals surface area contributed by atoms with Gasteiger partial charge in [-0.1, -0.05) is 19.2 Å². The number of nitro groups is 1. The Morgan fingerprint density at radius 2 is 2.11 bits per heavy atom. The minimum Gasteiger partial charge on any atom is -0.465 e. The third-order valence-electron chi connectivity index (χ3n) is 3.89. The number of hydrogen-bond acceptors (Lipinski definition) is 7. The minimum absolute atomic E-state index is 0.0403. The third-order valence-corrected chi connectivity index (χ3v) is 5.52. The third kappa shape index (κ3) is 5.65. The molecule has 1 fully saturated rings. The number of ether oxygens (including phenoxy) is 1. The summed E-state index contributed by atoms with van der Waals surface area (Å²) in [5, 5.41) is 10.8. The summed E-state index contributed by atoms with van der Waals surface area (Å²) >= 11 is 0. The number of allylic oxidation sites excluding steroid dienone is 3. The maximum Gasteiger partial charge on any atom is 0.385 e. The van der Waals surface area contributed by atoms with E-state index in [1.165, 1.54) is 30.3 Å². The molecule has 28 heavy (non-hydrogen) atoms. The molecule has 1 aliphatic heterocycles. The van der Waals surface area contributed by atoms with Gasteiger partial charge in [-0.25, -0.2) is 4.67 Å². The second kappa shape index (κ2) is 10.6. The molecule has 2 atom stereocenters. The van der Waals surface area contributed by atoms with Crippen molar-refractivity contribution in [2.24, 2.45) is 0 Å². The van der Waals surface area contributed by atoms with Crippen LogP contribution < -0.4 is 4.52 Å². The number of rotatable bonds is 10. The van der Waals surface area contributed by atoms with Gasteiger partial charge in [0.1, 0.15) is 17.6 Å². The molecule has 0 N–H and O–H groups in total. The number of nitro benzene ring substituents is 1. The lowest BCUT2D eigenvalue weighted by atomic mass is 10.2. The molecule has 150 valence electrons. The van der Waals surface area contributed by atoms with Crippen LogP contribution in [0.5, 0.6) is 5.75 Å². The molecule has 9 heteroatoms. The maximum absolute atomic E-state index is 12.3. The van der Waals surface area contributed by atoms with Gasteiger partial charge >= 0.3 is 14.5 Å². The van der Waals surface area contributed by atoms with Crippen molar-refractivity contribution in [3.05, 3.63) is 71.5 Å². The molecule has 0 bridgehead atoms. The second-order valence-electron chi connectivity index (χ2n) is 5.75. The van der Waals surface area contributed by atoms with Crippen LogP contribution >= 0.6 is 8.53 Å². The molecule has 0 spiro atoms. The fourth-order valence-corrected chi connectivity index (χ4v) is 4.22. The predicted octanol–water partition coefficient (Wildman–Crippen LogP) is 4.50. The lowest BCUT2D eigenvalue weighted by molar-refractivity contribution is -0.384. The molecule has 0 radical (unpaired) electrons. The van der Waals surface area contributed by atoms with E-state index in [0.29, 0.717) is 31.1 Å². The summed E-state index contributed by atoms with van der Waals surface area (Å²) in [5.74, 6) is 0.516. The zero-order chi connectivity index (χ0) is 20.5. The topological polar surface area (TPSA) is 91.1 Å². The SMILES string of the molecule is C=C/C=C(\C=C)OP(Oc1ccc([N+](=O)[O-])cc1)N1CCCC1C(=O)OCC. The lowest BCUT2D eigenvalue weighted by Gasteiger charge is -2.29. The van der Waals surface area contributed by atoms with E-state index in [1.807, 2.05) is 4.67 Å². The molecule has 1 aromatic carbocycles. The van der Waals surface area contributed by atoms with Crippen LogP contribution in [0.4, 0.5) is 5.69 Å². The van der Waals surface area contributed by atoms with Crippen molar-refractivity contribution in [1.29, 1.82) is 0 Å². The highest BCUT2D eigenvalue weighted by Gasteiger charge is 2.40. The van der Waals surface area contributed by atoms with Crippen molar-refractivity contribution in [1.82, 2.24) is 4.67 Å². The van der Waals surface area contributed by atoms with Crippen LogP contribution in [-0.2, 0) is 14.1 Å². The van der Waals surface area contributed by atoms with E-state index in [4.69, 9.17) is 13.8 Å². The summed E-state index contributed by atoms with van der Waals surface area (Å²) in [6.07, 6.45) is 6.15. The number of esters is 1. The molecule has 8 nitrogen and oxygen atoms in total. The molecule has 1 heterocycles. The van der Waals surface area contributed by atoms with Crippen LogP contribution in [0.15, 0.2) is 61.4 Å². The first-order valence-corrected chi connectivity index (χ1v) is 9.92. The van der Waals surface area contributed by atoms with E-state index >= 15 is 0 Å². The number of carbonyl (C=O) groups is 1. The van der Waals surface area contributed by atoms with Crippen LogP contribution in [0.2, 0.25) is 0 Å². The molecule has 0 aliphatic carbocycles. The molecular formula is C19H23N2O6P. The zero-order valence-electron chi connectivity index (χ0n) is 15.7. The maximum atomic E-state index is 12.3. The van der Waals surface area contributed by atoms with E-state index in [9.17, 15) is 14.9 Å². The molecule has 2 rings (SSSR count). The van der Waals surface area contributed by atoms with Crippen LogP contribution in [-0.4, -0.2) is 34.8 Å². The molecule has 2 unspecified atom stereocenters. The van der Waals surface area contributed by atoms with Crippen molar-refractivity contribution < 1.29 is 23.5 Å². The average molecular weight is 406 g/mol. The minimum atomic E-state index is -1.73. The summed E-state index contributed by atoms with van der Waals surface area (Å²) in [4.78, 5) is 22.7. The Morgan fingerprint density at radius 1 is 1.39 bits per heavy atom. The van der Waals surface area contributed by atoms with E-state index in [2.05, 4.69) is 13.2 Å². The number of non-ortho nitro benzene ring substituents is 1. The van der Waals surface area contributed by atoms with Gasteiger partial charge in [-0.05, 0) is 44.1 Å². The van der Waals surface area contributed by atoms with E-state index < -0.39 is 19.5 Å². The Labute approximate surface area is 165 Å². The summed E-state index contributed by atoms with van der Waals surface area (Å²) in [5.41, 5.74) is -0.0403. The fraction of sp³-hybridized carbons (Fsp3) is 0.316. The molecule has 1 aliphatic rings. The Hall–Kier alpha value is -2.70. The zero-order valence-corrected chi connectivity index (χ0v) is 16.5. The van der Waals surface area contributed by atoms with Gasteiger partial charge in [-0.2, -0.15) is 0 Å². The fourth-order valence-electron chi connectivity index (χ4n) is 2.61. The summed E-state index contributed by atoms with van der Waals surface area (Å²) in [7, 11) is -1.73. The number of carbonyl (C=O) groups excluding carboxylic acids is 1. The van der Waals surface area contributed by atoms with Gasteiger partial charge in [0.05, 0.1) is 11.5 Å². The predicted molar refractivity (Wildman–Crippen MR) is 107 cm³/mol. The smallest absolute Gasteiger partial charge is 0.385 e. The Morgan fingerprint density at radius 3 is 2.68 bits per heavy atom. The Bertz CT molecular complexity index is 749. The molecule has 0 saturated carbocycles. The van der Waals surface area contributed by atoms with Gasteiger partial charge in [-0.3, -0.25) is 14.9 Å². The Balaban J connectivity index is 2.26. The normalized spacial score (nSPS) is 18.2. The molecular weight excluding hydrogens is 383 g/mol. The van der Waals surface area contributed by atoms with Crippen molar-refractivity contribution in [3.63, 3.8) is 0 Å². The van der Waals surface area contributed by atoms with Crippen LogP contribution in [0.1, 0.15) is 19.8 Å². The van der Waals surface area contributed by atoms with Crippen LogP contribution in [0.25, 0.3) is 0 Å². The van der Waals surface area contributed by atoms with Gasteiger partial charge in [0.25, 0.3) is 5.69 Å². The van der Waals surface area contributed by atoms with Crippen LogP contribution in [0, 0.1) is 10.1 Å². The van der Waals surface area contributed by atoms with E-state index in [-0.39, 0.29) is 11.7 Å². The number of hydrogen-bond donors (Lipinski definition) is 0. The average Bonchev–Trinajstić information content (AvgIpc) is 3.17. The van der Waals surface area contributed by atoms with Crippen molar-refractivity contribution in [2.75, 3.05) is 13.2 Å². The van der Waals surface area contributed by atoms with Crippen molar-refractivity contribution >= 4 is 20.2 Å². The molecule has 1 aromatic rings. The lowest BCUT2D eigenvalue weighted by Crippen LogP contribution is -2.35. The largest absolute Gasteiger partial charge is 0.465 e. The van der Waals surface area contributed by atoms with Crippen molar-refractivity contribution in [3.8, 4) is 5.75 Å². The first kappa shape index (κ1) is 21.6. The van der Waals surface area contributed by atoms with Gasteiger partial charge in [0, 0.05) is 18.7 Å². The van der Waals surface area contributed by atoms with E-state index in [0.717, 1.165) is 6.42 Å². The number of nitrogens with zero attached hydrogens (tertiary/aromatic N) is 2. The van der Waals surface area contributed by atoms with Gasteiger partial charge in [0.15, 0.2) is 0 Å². The molecule has 0 aromatic heterocycles. The summed E-state index contributed by atoms with van der Waals surface area (Å²) < 4.78 is 18.9. The van der Waals surface area contributed by atoms with Gasteiger partial charge < -0.3 is 13.8 Å². The quantitative estimate of drug-likeness (QED) is 0.141. The highest BCUT2D eigenvalue weighted by Crippen LogP contribution is 2.49. The Kier molecular flexibility index (Phi) is 8.17.